The summed E-state index contributed by atoms with van der Waals surface area (Å²) in [7, 11) is -2.08. The molecule has 1 rings (SSSR count). The van der Waals surface area contributed by atoms with Gasteiger partial charge in [-0.1, -0.05) is 0 Å². The average molecular weight is 290 g/mol. The van der Waals surface area contributed by atoms with Crippen LogP contribution in [-0.4, -0.2) is 27.9 Å². The molecule has 0 fully saturated rings. The molecule has 4 N–H and O–H groups in total. The molecule has 18 heavy (non-hydrogen) atoms. The summed E-state index contributed by atoms with van der Waals surface area (Å²) < 4.78 is 27.8. The SMILES string of the molecule is COCCCSc1cc(N)cc(S(N)(=O)=O)c1C. The third-order valence-corrected chi connectivity index (χ3v) is 4.66. The summed E-state index contributed by atoms with van der Waals surface area (Å²) >= 11 is 1.55. The van der Waals surface area contributed by atoms with Gasteiger partial charge in [0, 0.05) is 30.1 Å². The fourth-order valence-corrected chi connectivity index (χ4v) is 3.44. The molecule has 5 nitrogen and oxygen atoms in total. The topological polar surface area (TPSA) is 95.4 Å². The zero-order chi connectivity index (χ0) is 13.8. The van der Waals surface area contributed by atoms with E-state index in [1.54, 1.807) is 31.9 Å². The van der Waals surface area contributed by atoms with Crippen LogP contribution in [-0.2, 0) is 14.8 Å². The largest absolute Gasteiger partial charge is 0.399 e. The summed E-state index contributed by atoms with van der Waals surface area (Å²) in [6.07, 6.45) is 0.889. The Morgan fingerprint density at radius 1 is 1.39 bits per heavy atom. The van der Waals surface area contributed by atoms with Gasteiger partial charge in [0.2, 0.25) is 10.0 Å². The van der Waals surface area contributed by atoms with Crippen LogP contribution in [0.15, 0.2) is 21.9 Å². The van der Waals surface area contributed by atoms with E-state index in [0.717, 1.165) is 17.1 Å². The van der Waals surface area contributed by atoms with Crippen molar-refractivity contribution in [1.29, 1.82) is 0 Å². The Bertz CT molecular complexity index is 515. The molecule has 0 aliphatic heterocycles. The highest BCUT2D eigenvalue weighted by molar-refractivity contribution is 7.99. The van der Waals surface area contributed by atoms with Gasteiger partial charge in [0.05, 0.1) is 4.90 Å². The van der Waals surface area contributed by atoms with E-state index < -0.39 is 10.0 Å². The summed E-state index contributed by atoms with van der Waals surface area (Å²) in [5, 5.41) is 5.16. The van der Waals surface area contributed by atoms with E-state index in [1.165, 1.54) is 6.07 Å². The van der Waals surface area contributed by atoms with Crippen molar-refractivity contribution in [2.75, 3.05) is 25.2 Å². The van der Waals surface area contributed by atoms with E-state index >= 15 is 0 Å². The van der Waals surface area contributed by atoms with Gasteiger partial charge in [-0.25, -0.2) is 13.6 Å². The lowest BCUT2D eigenvalue weighted by Crippen LogP contribution is -2.14. The van der Waals surface area contributed by atoms with Gasteiger partial charge in [-0.3, -0.25) is 0 Å². The van der Waals surface area contributed by atoms with E-state index in [4.69, 9.17) is 15.6 Å². The molecule has 102 valence electrons. The number of hydrogen-bond donors (Lipinski definition) is 2. The lowest BCUT2D eigenvalue weighted by Gasteiger charge is -2.11. The maximum atomic E-state index is 11.4. The first-order valence-corrected chi connectivity index (χ1v) is 7.94. The first kappa shape index (κ1) is 15.3. The number of thioether (sulfide) groups is 1. The Hall–Kier alpha value is -0.760. The van der Waals surface area contributed by atoms with Crippen LogP contribution in [0.25, 0.3) is 0 Å². The molecule has 0 bridgehead atoms. The molecule has 0 radical (unpaired) electrons. The lowest BCUT2D eigenvalue weighted by atomic mass is 10.2. The third-order valence-electron chi connectivity index (χ3n) is 2.39. The molecule has 0 aromatic heterocycles. The minimum Gasteiger partial charge on any atom is -0.399 e. The summed E-state index contributed by atoms with van der Waals surface area (Å²) in [5.41, 5.74) is 6.75. The second kappa shape index (κ2) is 6.42. The fraction of sp³-hybridized carbons (Fsp3) is 0.455. The van der Waals surface area contributed by atoms with Crippen LogP contribution in [0.3, 0.4) is 0 Å². The van der Waals surface area contributed by atoms with E-state index in [0.29, 0.717) is 17.9 Å². The highest BCUT2D eigenvalue weighted by Gasteiger charge is 2.15. The van der Waals surface area contributed by atoms with E-state index in [-0.39, 0.29) is 4.90 Å². The van der Waals surface area contributed by atoms with Crippen LogP contribution in [0.2, 0.25) is 0 Å². The number of hydrogen-bond acceptors (Lipinski definition) is 5. The number of sulfonamides is 1. The Labute approximate surface area is 112 Å². The van der Waals surface area contributed by atoms with Gasteiger partial charge in [0.15, 0.2) is 0 Å². The lowest BCUT2D eigenvalue weighted by molar-refractivity contribution is 0.200. The van der Waals surface area contributed by atoms with Gasteiger partial charge in [-0.2, -0.15) is 0 Å². The molecule has 0 spiro atoms. The maximum absolute atomic E-state index is 11.4. The second-order valence-corrected chi connectivity index (χ2v) is 6.55. The molecular formula is C11H18N2O3S2. The first-order chi connectivity index (χ1) is 8.36. The van der Waals surface area contributed by atoms with Crippen LogP contribution < -0.4 is 10.9 Å². The van der Waals surface area contributed by atoms with Gasteiger partial charge in [-0.15, -0.1) is 11.8 Å². The standard InChI is InChI=1S/C11H18N2O3S2/c1-8-10(17-5-3-4-16-2)6-9(12)7-11(8)18(13,14)15/h6-7H,3-5,12H2,1-2H3,(H2,13,14,15). The Morgan fingerprint density at radius 2 is 2.06 bits per heavy atom. The van der Waals surface area contributed by atoms with Crippen molar-refractivity contribution in [1.82, 2.24) is 0 Å². The maximum Gasteiger partial charge on any atom is 0.238 e. The van der Waals surface area contributed by atoms with E-state index in [9.17, 15) is 8.42 Å². The number of anilines is 1. The quantitative estimate of drug-likeness (QED) is 0.468. The van der Waals surface area contributed by atoms with Crippen LogP contribution >= 0.6 is 11.8 Å². The molecule has 0 heterocycles. The number of methoxy groups -OCH3 is 1. The zero-order valence-corrected chi connectivity index (χ0v) is 12.1. The number of rotatable bonds is 6. The van der Waals surface area contributed by atoms with Crippen LogP contribution in [0, 0.1) is 6.92 Å². The van der Waals surface area contributed by atoms with E-state index in [2.05, 4.69) is 0 Å². The smallest absolute Gasteiger partial charge is 0.238 e. The molecule has 0 aliphatic rings. The normalized spacial score (nSPS) is 11.7. The highest BCUT2D eigenvalue weighted by Crippen LogP contribution is 2.30. The molecule has 0 amide bonds. The predicted octanol–water partition coefficient (Wildman–Crippen LogP) is 1.35. The number of ether oxygens (including phenoxy) is 1. The summed E-state index contributed by atoms with van der Waals surface area (Å²) in [6, 6.07) is 3.16. The number of nitrogens with two attached hydrogens (primary N) is 2. The van der Waals surface area contributed by atoms with Crippen molar-refractivity contribution in [3.63, 3.8) is 0 Å². The molecule has 0 atom stereocenters. The second-order valence-electron chi connectivity index (χ2n) is 3.88. The van der Waals surface area contributed by atoms with Crippen molar-refractivity contribution >= 4 is 27.5 Å². The van der Waals surface area contributed by atoms with Gasteiger partial charge in [-0.05, 0) is 31.0 Å². The monoisotopic (exact) mass is 290 g/mol. The molecule has 0 aliphatic carbocycles. The third kappa shape index (κ3) is 4.16. The van der Waals surface area contributed by atoms with Crippen LogP contribution in [0.4, 0.5) is 5.69 Å². The number of benzene rings is 1. The number of nitrogen functional groups attached to an aromatic ring is 1. The summed E-state index contributed by atoms with van der Waals surface area (Å²) in [4.78, 5) is 0.937. The van der Waals surface area contributed by atoms with Crippen LogP contribution in [0.5, 0.6) is 0 Å². The molecule has 1 aromatic rings. The van der Waals surface area contributed by atoms with Crippen molar-refractivity contribution in [2.45, 2.75) is 23.1 Å². The molecule has 0 saturated heterocycles. The predicted molar refractivity (Wildman–Crippen MR) is 74.2 cm³/mol. The molecule has 0 saturated carbocycles. The first-order valence-electron chi connectivity index (χ1n) is 5.41. The Morgan fingerprint density at radius 3 is 2.61 bits per heavy atom. The summed E-state index contributed by atoms with van der Waals surface area (Å²) in [5.74, 6) is 0.836. The molecular weight excluding hydrogens is 272 g/mol. The molecule has 1 aromatic carbocycles. The van der Waals surface area contributed by atoms with Gasteiger partial charge in [0.1, 0.15) is 0 Å². The minimum absolute atomic E-state index is 0.0942. The van der Waals surface area contributed by atoms with Crippen molar-refractivity contribution in [3.05, 3.63) is 17.7 Å². The minimum atomic E-state index is -3.73. The van der Waals surface area contributed by atoms with Gasteiger partial charge >= 0.3 is 0 Å². The zero-order valence-electron chi connectivity index (χ0n) is 10.5. The average Bonchev–Trinajstić information content (AvgIpc) is 2.27. The highest BCUT2D eigenvalue weighted by atomic mass is 32.2. The van der Waals surface area contributed by atoms with Crippen molar-refractivity contribution in [3.8, 4) is 0 Å². The van der Waals surface area contributed by atoms with E-state index in [1.807, 2.05) is 0 Å². The fourth-order valence-electron chi connectivity index (χ4n) is 1.51. The van der Waals surface area contributed by atoms with Crippen molar-refractivity contribution < 1.29 is 13.2 Å². The Balaban J connectivity index is 2.96. The number of primary sulfonamides is 1. The summed E-state index contributed by atoms with van der Waals surface area (Å²) in [6.45, 7) is 2.41. The Kier molecular flexibility index (Phi) is 5.46. The van der Waals surface area contributed by atoms with Crippen LogP contribution in [0.1, 0.15) is 12.0 Å². The molecule has 7 heteroatoms. The van der Waals surface area contributed by atoms with Gasteiger partial charge in [0.25, 0.3) is 0 Å². The van der Waals surface area contributed by atoms with Crippen molar-refractivity contribution in [2.24, 2.45) is 5.14 Å². The van der Waals surface area contributed by atoms with Gasteiger partial charge < -0.3 is 10.5 Å². The molecule has 0 unspecified atom stereocenters.